The Balaban J connectivity index is 1.29. The highest BCUT2D eigenvalue weighted by Crippen LogP contribution is 2.48. The second-order valence-corrected chi connectivity index (χ2v) is 15.9. The highest BCUT2D eigenvalue weighted by Gasteiger charge is 2.54. The van der Waals surface area contributed by atoms with Gasteiger partial charge in [-0.05, 0) is 66.8 Å². The lowest BCUT2D eigenvalue weighted by molar-refractivity contribution is 0.000937. The molecule has 4 fully saturated rings. The fraction of sp³-hybridized carbons (Fsp3) is 0.600. The van der Waals surface area contributed by atoms with Gasteiger partial charge in [0.15, 0.2) is 17.5 Å². The van der Waals surface area contributed by atoms with Gasteiger partial charge in [0.05, 0.1) is 34.3 Å². The van der Waals surface area contributed by atoms with Crippen molar-refractivity contribution >= 4 is 40.1 Å². The Morgan fingerprint density at radius 2 is 1.88 bits per heavy atom. The molecule has 2 bridgehead atoms. The summed E-state index contributed by atoms with van der Waals surface area (Å²) in [5.41, 5.74) is 2.08. The van der Waals surface area contributed by atoms with Crippen LogP contribution < -0.4 is 20.1 Å². The molecule has 8 rings (SSSR count). The van der Waals surface area contributed by atoms with E-state index in [2.05, 4.69) is 14.9 Å². The number of pyridine rings is 1. The molecule has 0 radical (unpaired) electrons. The number of aromatic nitrogens is 3. The first-order chi connectivity index (χ1) is 24.1. The molecule has 16 heteroatoms. The first kappa shape index (κ1) is 34.2. The largest absolute Gasteiger partial charge is 0.472 e. The zero-order valence-corrected chi connectivity index (χ0v) is 29.8. The van der Waals surface area contributed by atoms with E-state index >= 15 is 8.78 Å². The summed E-state index contributed by atoms with van der Waals surface area (Å²) in [6.07, 6.45) is 1.18. The number of carbonyl (C=O) groups excluding carboxylic acids is 1. The van der Waals surface area contributed by atoms with Crippen molar-refractivity contribution in [2.75, 3.05) is 36.9 Å². The van der Waals surface area contributed by atoms with Gasteiger partial charge in [-0.15, -0.1) is 0 Å². The SMILES string of the molecule is Cc1c(F)c(N)c(F)c(-c2nc3c4c(nc(OC[C@@]56CCCN5C[C@H](F)C6)nc4c2F)N2C[C@H]4CC[C@@H](C2[C@H](C)O3)N4C(=O)OC(C)(C)C)c1Cl. The number of ether oxygens (including phenoxy) is 3. The molecule has 51 heavy (non-hydrogen) atoms. The Labute approximate surface area is 297 Å². The fourth-order valence-electron chi connectivity index (χ4n) is 8.92. The minimum Gasteiger partial charge on any atom is -0.472 e. The number of carbonyl (C=O) groups is 1. The molecule has 5 aliphatic rings. The van der Waals surface area contributed by atoms with Crippen LogP contribution in [0.2, 0.25) is 5.02 Å². The van der Waals surface area contributed by atoms with Crippen LogP contribution in [0.1, 0.15) is 65.4 Å². The van der Waals surface area contributed by atoms with E-state index in [1.54, 1.807) is 4.90 Å². The normalized spacial score (nSPS) is 28.5. The molecule has 2 N–H and O–H groups in total. The minimum atomic E-state index is -1.28. The van der Waals surface area contributed by atoms with Gasteiger partial charge in [0, 0.05) is 25.1 Å². The third kappa shape index (κ3) is 5.31. The summed E-state index contributed by atoms with van der Waals surface area (Å²) in [5, 5.41) is -0.286. The smallest absolute Gasteiger partial charge is 0.410 e. The molecule has 7 heterocycles. The molecule has 4 saturated heterocycles. The quantitative estimate of drug-likeness (QED) is 0.240. The van der Waals surface area contributed by atoms with Crippen molar-refractivity contribution in [2.45, 2.75) is 108 Å². The topological polar surface area (TPSA) is 119 Å². The van der Waals surface area contributed by atoms with E-state index in [1.165, 1.54) is 6.92 Å². The summed E-state index contributed by atoms with van der Waals surface area (Å²) in [6, 6.07) is -1.26. The van der Waals surface area contributed by atoms with Gasteiger partial charge in [-0.2, -0.15) is 9.97 Å². The summed E-state index contributed by atoms with van der Waals surface area (Å²) in [7, 11) is 0. The number of alkyl halides is 1. The maximum atomic E-state index is 17.0. The van der Waals surface area contributed by atoms with Crippen LogP contribution in [0.3, 0.4) is 0 Å². The molecule has 0 saturated carbocycles. The number of halogens is 5. The maximum Gasteiger partial charge on any atom is 0.410 e. The van der Waals surface area contributed by atoms with Gasteiger partial charge >= 0.3 is 12.1 Å². The fourth-order valence-corrected chi connectivity index (χ4v) is 9.17. The number of hydrogen-bond acceptors (Lipinski definition) is 10. The molecule has 1 amide bonds. The van der Waals surface area contributed by atoms with Crippen LogP contribution in [0.4, 0.5) is 33.9 Å². The third-order valence-corrected chi connectivity index (χ3v) is 11.6. The molecule has 11 nitrogen and oxygen atoms in total. The molecule has 6 atom stereocenters. The number of nitrogen functional groups attached to an aromatic ring is 1. The number of nitrogens with two attached hydrogens (primary N) is 1. The zero-order chi connectivity index (χ0) is 36.3. The molecule has 5 aliphatic heterocycles. The molecular weight excluding hydrogens is 694 g/mol. The number of benzene rings is 1. The van der Waals surface area contributed by atoms with Crippen LogP contribution in [0.5, 0.6) is 11.9 Å². The summed E-state index contributed by atoms with van der Waals surface area (Å²) in [4.78, 5) is 33.2. The average Bonchev–Trinajstić information content (AvgIpc) is 3.67. The highest BCUT2D eigenvalue weighted by atomic mass is 35.5. The van der Waals surface area contributed by atoms with Crippen molar-refractivity contribution in [3.63, 3.8) is 0 Å². The van der Waals surface area contributed by atoms with Crippen LogP contribution in [-0.2, 0) is 4.74 Å². The highest BCUT2D eigenvalue weighted by molar-refractivity contribution is 6.34. The lowest BCUT2D eigenvalue weighted by Gasteiger charge is -2.48. The first-order valence-corrected chi connectivity index (χ1v) is 17.8. The maximum absolute atomic E-state index is 17.0. The van der Waals surface area contributed by atoms with E-state index in [0.717, 1.165) is 19.4 Å². The number of fused-ring (bicyclic) bond motifs is 6. The Morgan fingerprint density at radius 3 is 2.63 bits per heavy atom. The molecular formula is C35H40ClF4N7O4. The van der Waals surface area contributed by atoms with Crippen molar-refractivity contribution in [1.82, 2.24) is 24.8 Å². The first-order valence-electron chi connectivity index (χ1n) is 17.4. The number of nitrogens with zero attached hydrogens (tertiary/aromatic N) is 6. The molecule has 1 aromatic carbocycles. The van der Waals surface area contributed by atoms with Crippen molar-refractivity contribution in [2.24, 2.45) is 0 Å². The van der Waals surface area contributed by atoms with E-state index in [4.69, 9.17) is 36.5 Å². The molecule has 274 valence electrons. The predicted molar refractivity (Wildman–Crippen MR) is 181 cm³/mol. The number of rotatable bonds is 4. The summed E-state index contributed by atoms with van der Waals surface area (Å²) >= 11 is 6.45. The Morgan fingerprint density at radius 1 is 1.12 bits per heavy atom. The second-order valence-electron chi connectivity index (χ2n) is 15.5. The molecule has 0 aliphatic carbocycles. The number of hydrogen-bond donors (Lipinski definition) is 1. The summed E-state index contributed by atoms with van der Waals surface area (Å²) < 4.78 is 80.5. The van der Waals surface area contributed by atoms with E-state index in [0.29, 0.717) is 32.4 Å². The van der Waals surface area contributed by atoms with Crippen molar-refractivity contribution in [3.05, 3.63) is 28.0 Å². The van der Waals surface area contributed by atoms with Gasteiger partial charge < -0.3 is 24.8 Å². The van der Waals surface area contributed by atoms with Gasteiger partial charge in [-0.25, -0.2) is 27.3 Å². The average molecular weight is 734 g/mol. The van der Waals surface area contributed by atoms with Crippen molar-refractivity contribution in [1.29, 1.82) is 0 Å². The van der Waals surface area contributed by atoms with Gasteiger partial charge in [-0.1, -0.05) is 11.6 Å². The lowest BCUT2D eigenvalue weighted by atomic mass is 9.95. The van der Waals surface area contributed by atoms with E-state index < -0.39 is 75.0 Å². The minimum absolute atomic E-state index is 0.0763. The summed E-state index contributed by atoms with van der Waals surface area (Å²) in [5.74, 6) is -3.23. The van der Waals surface area contributed by atoms with Crippen LogP contribution in [0.25, 0.3) is 22.2 Å². The monoisotopic (exact) mass is 733 g/mol. The number of anilines is 2. The number of amides is 1. The Bertz CT molecular complexity index is 1940. The van der Waals surface area contributed by atoms with Gasteiger partial charge in [0.25, 0.3) is 0 Å². The molecule has 2 aromatic heterocycles. The predicted octanol–water partition coefficient (Wildman–Crippen LogP) is 6.35. The van der Waals surface area contributed by atoms with Gasteiger partial charge in [-0.3, -0.25) is 9.80 Å². The molecule has 3 aromatic rings. The van der Waals surface area contributed by atoms with Gasteiger partial charge in [0.2, 0.25) is 5.88 Å². The van der Waals surface area contributed by atoms with E-state index in [1.807, 2.05) is 32.6 Å². The lowest BCUT2D eigenvalue weighted by Crippen LogP contribution is -2.65. The van der Waals surface area contributed by atoms with Crippen molar-refractivity contribution < 1.29 is 36.6 Å². The zero-order valence-electron chi connectivity index (χ0n) is 29.0. The van der Waals surface area contributed by atoms with E-state index in [-0.39, 0.29) is 52.9 Å². The standard InChI is InChI=1S/C35H40ClF4N7O4/c1-15-22(36)20(24(39)26(41)23(15)38)27-25(40)28-21-30(44-32(43-28)49-14-35-9-6-10-45(35)12-17(37)11-35)46-13-18-7-8-19(29(46)16(2)50-31(21)42-27)47(18)33(48)51-34(3,4)5/h16-19,29H,6-14,41H2,1-5H3/t16-,17+,18+,19-,29?,35-/m0/s1. The molecule has 0 spiro atoms. The third-order valence-electron chi connectivity index (χ3n) is 11.1. The second kappa shape index (κ2) is 11.8. The van der Waals surface area contributed by atoms with Crippen LogP contribution >= 0.6 is 11.6 Å². The Kier molecular flexibility index (Phi) is 7.95. The van der Waals surface area contributed by atoms with Crippen molar-refractivity contribution in [3.8, 4) is 23.1 Å². The number of piperazine rings is 1. The van der Waals surface area contributed by atoms with Crippen LogP contribution in [0, 0.1) is 24.4 Å². The van der Waals surface area contributed by atoms with E-state index in [9.17, 15) is 13.6 Å². The summed E-state index contributed by atoms with van der Waals surface area (Å²) in [6.45, 7) is 9.99. The van der Waals surface area contributed by atoms with Gasteiger partial charge in [0.1, 0.15) is 52.6 Å². The van der Waals surface area contributed by atoms with Crippen LogP contribution in [0.15, 0.2) is 0 Å². The van der Waals surface area contributed by atoms with Crippen LogP contribution in [-0.4, -0.2) is 98.6 Å². The molecule has 1 unspecified atom stereocenters. The Hall–Kier alpha value is -3.85.